The van der Waals surface area contributed by atoms with Crippen LogP contribution in [0.3, 0.4) is 0 Å². The lowest BCUT2D eigenvalue weighted by molar-refractivity contribution is 0.101. The maximum Gasteiger partial charge on any atom is 0.260 e. The molecule has 2 aromatic heterocycles. The minimum Gasteiger partial charge on any atom is -0.392 e. The zero-order valence-electron chi connectivity index (χ0n) is 16.5. The molecular weight excluding hydrogens is 406 g/mol. The molecule has 0 aliphatic heterocycles. The lowest BCUT2D eigenvalue weighted by atomic mass is 10.1. The monoisotopic (exact) mass is 431 g/mol. The minimum absolute atomic E-state index is 0.139. The van der Waals surface area contributed by atoms with Crippen molar-refractivity contribution in [2.24, 2.45) is 0 Å². The fourth-order valence-corrected chi connectivity index (χ4v) is 4.47. The Hall–Kier alpha value is -1.99. The predicted molar refractivity (Wildman–Crippen MR) is 122 cm³/mol. The van der Waals surface area contributed by atoms with Gasteiger partial charge in [0.05, 0.1) is 18.0 Å². The number of hydrogen-bond acceptors (Lipinski definition) is 5. The standard InChI is InChI=1S/C22H26ClN3O2S/c1-3-5-6-17(27)12-26(11-4-2)13-19-24-21(28)20-18(14-29-22(20)25-19)15-7-9-16(23)10-8-15/h3,7-10,14,17,27H,1,4-6,11-13H2,2H3,(H,24,25,28). The van der Waals surface area contributed by atoms with Crippen LogP contribution in [0.15, 0.2) is 47.1 Å². The van der Waals surface area contributed by atoms with Crippen molar-refractivity contribution in [3.8, 4) is 11.1 Å². The van der Waals surface area contributed by atoms with Gasteiger partial charge < -0.3 is 10.1 Å². The van der Waals surface area contributed by atoms with Crippen molar-refractivity contribution in [2.45, 2.75) is 38.8 Å². The molecule has 0 saturated carbocycles. The van der Waals surface area contributed by atoms with Crippen molar-refractivity contribution >= 4 is 33.2 Å². The molecule has 3 aromatic rings. The summed E-state index contributed by atoms with van der Waals surface area (Å²) >= 11 is 7.44. The second kappa shape index (κ2) is 10.2. The number of aromatic amines is 1. The summed E-state index contributed by atoms with van der Waals surface area (Å²) in [7, 11) is 0. The predicted octanol–water partition coefficient (Wildman–Crippen LogP) is 4.84. The number of aliphatic hydroxyl groups excluding tert-OH is 1. The molecule has 0 amide bonds. The molecule has 1 atom stereocenters. The normalized spacial score (nSPS) is 12.6. The van der Waals surface area contributed by atoms with E-state index in [4.69, 9.17) is 11.6 Å². The van der Waals surface area contributed by atoms with Crippen LogP contribution in [0.2, 0.25) is 5.02 Å². The number of hydrogen-bond donors (Lipinski definition) is 2. The molecule has 0 aliphatic carbocycles. The van der Waals surface area contributed by atoms with Crippen LogP contribution in [0.5, 0.6) is 0 Å². The van der Waals surface area contributed by atoms with Crippen LogP contribution in [-0.4, -0.2) is 39.2 Å². The van der Waals surface area contributed by atoms with Crippen molar-refractivity contribution in [2.75, 3.05) is 13.1 Å². The van der Waals surface area contributed by atoms with Crippen molar-refractivity contribution < 1.29 is 5.11 Å². The molecule has 0 spiro atoms. The van der Waals surface area contributed by atoms with Crippen molar-refractivity contribution in [3.63, 3.8) is 0 Å². The molecule has 2 N–H and O–H groups in total. The van der Waals surface area contributed by atoms with E-state index < -0.39 is 6.10 Å². The molecule has 7 heteroatoms. The van der Waals surface area contributed by atoms with E-state index in [-0.39, 0.29) is 5.56 Å². The first-order valence-electron chi connectivity index (χ1n) is 9.79. The highest BCUT2D eigenvalue weighted by molar-refractivity contribution is 7.17. The van der Waals surface area contributed by atoms with Gasteiger partial charge in [0.25, 0.3) is 5.56 Å². The molecule has 2 heterocycles. The number of halogens is 1. The Morgan fingerprint density at radius 3 is 2.83 bits per heavy atom. The Labute approximate surface area is 179 Å². The van der Waals surface area contributed by atoms with Crippen LogP contribution < -0.4 is 5.56 Å². The summed E-state index contributed by atoms with van der Waals surface area (Å²) in [5.41, 5.74) is 1.67. The quantitative estimate of drug-likeness (QED) is 0.450. The number of fused-ring (bicyclic) bond motifs is 1. The van der Waals surface area contributed by atoms with Crippen molar-refractivity contribution in [3.05, 3.63) is 63.5 Å². The van der Waals surface area contributed by atoms with E-state index in [0.717, 1.165) is 35.3 Å². The number of benzene rings is 1. The fourth-order valence-electron chi connectivity index (χ4n) is 3.37. The molecule has 154 valence electrons. The van der Waals surface area contributed by atoms with Gasteiger partial charge in [-0.25, -0.2) is 4.98 Å². The van der Waals surface area contributed by atoms with Gasteiger partial charge in [0, 0.05) is 22.5 Å². The second-order valence-corrected chi connectivity index (χ2v) is 8.40. The summed E-state index contributed by atoms with van der Waals surface area (Å²) < 4.78 is 0. The average molecular weight is 432 g/mol. The van der Waals surface area contributed by atoms with Crippen LogP contribution in [0.25, 0.3) is 21.3 Å². The van der Waals surface area contributed by atoms with Gasteiger partial charge in [-0.2, -0.15) is 0 Å². The smallest absolute Gasteiger partial charge is 0.260 e. The zero-order valence-corrected chi connectivity index (χ0v) is 18.1. The molecule has 1 aromatic carbocycles. The van der Waals surface area contributed by atoms with E-state index >= 15 is 0 Å². The number of nitrogens with one attached hydrogen (secondary N) is 1. The van der Waals surface area contributed by atoms with Gasteiger partial charge in [0.2, 0.25) is 0 Å². The minimum atomic E-state index is -0.423. The second-order valence-electron chi connectivity index (χ2n) is 7.10. The summed E-state index contributed by atoms with van der Waals surface area (Å²) in [5, 5.41) is 13.5. The van der Waals surface area contributed by atoms with Crippen molar-refractivity contribution in [1.82, 2.24) is 14.9 Å². The Morgan fingerprint density at radius 1 is 1.38 bits per heavy atom. The molecule has 5 nitrogen and oxygen atoms in total. The summed E-state index contributed by atoms with van der Waals surface area (Å²) in [5.74, 6) is 0.622. The topological polar surface area (TPSA) is 69.2 Å². The number of thiophene rings is 1. The summed E-state index contributed by atoms with van der Waals surface area (Å²) in [4.78, 5) is 23.3. The Morgan fingerprint density at radius 2 is 2.14 bits per heavy atom. The Kier molecular flexibility index (Phi) is 7.61. The number of aliphatic hydroxyl groups is 1. The lowest BCUT2D eigenvalue weighted by Crippen LogP contribution is -2.33. The van der Waals surface area contributed by atoms with Crippen LogP contribution in [0.1, 0.15) is 32.0 Å². The summed E-state index contributed by atoms with van der Waals surface area (Å²) in [6.45, 7) is 7.67. The van der Waals surface area contributed by atoms with E-state index in [9.17, 15) is 9.90 Å². The van der Waals surface area contributed by atoms with Gasteiger partial charge in [-0.15, -0.1) is 17.9 Å². The third-order valence-electron chi connectivity index (χ3n) is 4.73. The lowest BCUT2D eigenvalue weighted by Gasteiger charge is -2.24. The first kappa shape index (κ1) is 21.7. The first-order valence-corrected chi connectivity index (χ1v) is 11.0. The molecule has 0 radical (unpaired) electrons. The van der Waals surface area contributed by atoms with Gasteiger partial charge >= 0.3 is 0 Å². The van der Waals surface area contributed by atoms with Gasteiger partial charge in [-0.1, -0.05) is 36.7 Å². The van der Waals surface area contributed by atoms with Gasteiger partial charge in [-0.3, -0.25) is 9.69 Å². The summed E-state index contributed by atoms with van der Waals surface area (Å²) in [6, 6.07) is 7.45. The number of aromatic nitrogens is 2. The molecule has 0 bridgehead atoms. The van der Waals surface area contributed by atoms with E-state index in [0.29, 0.717) is 35.7 Å². The molecule has 3 rings (SSSR count). The molecule has 1 unspecified atom stereocenters. The third-order valence-corrected chi connectivity index (χ3v) is 5.86. The van der Waals surface area contributed by atoms with E-state index in [1.165, 1.54) is 11.3 Å². The first-order chi connectivity index (χ1) is 14.0. The molecule has 0 fully saturated rings. The van der Waals surface area contributed by atoms with Gasteiger partial charge in [0.15, 0.2) is 0 Å². The number of H-pyrrole nitrogens is 1. The molecule has 0 aliphatic rings. The van der Waals surface area contributed by atoms with E-state index in [2.05, 4.69) is 28.4 Å². The number of nitrogens with zero attached hydrogens (tertiary/aromatic N) is 2. The summed E-state index contributed by atoms with van der Waals surface area (Å²) in [6.07, 6.45) is 3.82. The van der Waals surface area contributed by atoms with Gasteiger partial charge in [-0.05, 0) is 43.5 Å². The van der Waals surface area contributed by atoms with Crippen LogP contribution in [-0.2, 0) is 6.54 Å². The highest BCUT2D eigenvalue weighted by atomic mass is 35.5. The zero-order chi connectivity index (χ0) is 20.8. The van der Waals surface area contributed by atoms with E-state index in [1.54, 1.807) is 0 Å². The maximum absolute atomic E-state index is 12.8. The van der Waals surface area contributed by atoms with Crippen molar-refractivity contribution in [1.29, 1.82) is 0 Å². The SMILES string of the molecule is C=CCCC(O)CN(CCC)Cc1nc2scc(-c3ccc(Cl)cc3)c2c(=O)[nH]1. The highest BCUT2D eigenvalue weighted by Crippen LogP contribution is 2.31. The third kappa shape index (κ3) is 5.54. The Balaban J connectivity index is 1.84. The highest BCUT2D eigenvalue weighted by Gasteiger charge is 2.16. The van der Waals surface area contributed by atoms with Crippen LogP contribution in [0, 0.1) is 0 Å². The maximum atomic E-state index is 12.8. The number of allylic oxidation sites excluding steroid dienone is 1. The molecule has 0 saturated heterocycles. The largest absolute Gasteiger partial charge is 0.392 e. The van der Waals surface area contributed by atoms with E-state index in [1.807, 2.05) is 35.7 Å². The van der Waals surface area contributed by atoms with Crippen LogP contribution in [0.4, 0.5) is 0 Å². The molecule has 29 heavy (non-hydrogen) atoms. The average Bonchev–Trinajstić information content (AvgIpc) is 3.11. The Bertz CT molecular complexity index is 1010. The molecular formula is C22H26ClN3O2S. The fraction of sp³-hybridized carbons (Fsp3) is 0.364. The number of rotatable bonds is 10. The van der Waals surface area contributed by atoms with Gasteiger partial charge in [0.1, 0.15) is 10.7 Å². The van der Waals surface area contributed by atoms with Crippen LogP contribution >= 0.6 is 22.9 Å².